The molecule has 0 bridgehead atoms. The van der Waals surface area contributed by atoms with Crippen molar-refractivity contribution in [3.63, 3.8) is 0 Å². The average molecular weight is 560 g/mol. The minimum atomic E-state index is -1.37. The molecular formula is C33H53NO6. The van der Waals surface area contributed by atoms with E-state index in [0.29, 0.717) is 29.3 Å². The van der Waals surface area contributed by atoms with Gasteiger partial charge in [0.25, 0.3) is 0 Å². The molecule has 226 valence electrons. The SMILES string of the molecule is C[C@@H]1CC[C@@]2(NC1)O[C@H]1C[C@H]3[C@@H]4CC=C5C[C@@H](O[C@@H]6[C@@H](O)[C@@H](O)[C@H](O)O[C@H]6C)CC[C@]5(C)[C@H]4CC[C@]3(C)[C@H]1[C@@H]2C. The van der Waals surface area contributed by atoms with Gasteiger partial charge in [-0.05, 0) is 105 Å². The van der Waals surface area contributed by atoms with Gasteiger partial charge in [0.05, 0.1) is 18.3 Å². The first-order chi connectivity index (χ1) is 19.0. The van der Waals surface area contributed by atoms with Crippen LogP contribution in [0.25, 0.3) is 0 Å². The Kier molecular flexibility index (Phi) is 6.87. The highest BCUT2D eigenvalue weighted by Gasteiger charge is 2.68. The largest absolute Gasteiger partial charge is 0.387 e. The average Bonchev–Trinajstić information content (AvgIpc) is 3.37. The molecule has 7 nitrogen and oxygen atoms in total. The molecule has 7 rings (SSSR count). The van der Waals surface area contributed by atoms with Crippen LogP contribution in [0.2, 0.25) is 0 Å². The second-order valence-electron chi connectivity index (χ2n) is 15.6. The van der Waals surface area contributed by atoms with E-state index < -0.39 is 30.7 Å². The van der Waals surface area contributed by atoms with Crippen molar-refractivity contribution in [2.75, 3.05) is 6.54 Å². The van der Waals surface area contributed by atoms with Crippen molar-refractivity contribution >= 4 is 0 Å². The molecular weight excluding hydrogens is 506 g/mol. The van der Waals surface area contributed by atoms with Gasteiger partial charge >= 0.3 is 0 Å². The predicted molar refractivity (Wildman–Crippen MR) is 151 cm³/mol. The second-order valence-corrected chi connectivity index (χ2v) is 15.6. The van der Waals surface area contributed by atoms with E-state index in [9.17, 15) is 15.3 Å². The number of hydrogen-bond donors (Lipinski definition) is 4. The Labute approximate surface area is 240 Å². The maximum Gasteiger partial charge on any atom is 0.183 e. The predicted octanol–water partition coefficient (Wildman–Crippen LogP) is 4.14. The standard InChI is InChI=1S/C33H53NO6/c1-17-8-13-33(34-16-17)18(2)26-25(40-33)15-24-22-7-6-20-14-21(39-29-19(3)38-30(37)28(36)27(29)35)9-11-31(20,4)23(22)10-12-32(24,26)5/h6,17-19,21-30,34-37H,7-16H2,1-5H3/t17-,18+,19+,21+,22-,23+,24+,25+,26+,27+,28-,29+,30-,31+,32+,33-/m1/s1. The Morgan fingerprint density at radius 2 is 1.77 bits per heavy atom. The number of piperidine rings is 1. The van der Waals surface area contributed by atoms with Crippen LogP contribution < -0.4 is 5.32 Å². The fourth-order valence-corrected chi connectivity index (χ4v) is 11.4. The summed E-state index contributed by atoms with van der Waals surface area (Å²) >= 11 is 0. The van der Waals surface area contributed by atoms with Gasteiger partial charge in [-0.25, -0.2) is 0 Å². The molecule has 3 heterocycles. The highest BCUT2D eigenvalue weighted by molar-refractivity contribution is 5.26. The zero-order chi connectivity index (χ0) is 28.2. The van der Waals surface area contributed by atoms with Gasteiger partial charge in [-0.2, -0.15) is 0 Å². The van der Waals surface area contributed by atoms with Crippen molar-refractivity contribution in [3.8, 4) is 0 Å². The number of fused-ring (bicyclic) bond motifs is 7. The molecule has 7 aliphatic rings. The molecule has 0 aromatic rings. The van der Waals surface area contributed by atoms with Crippen molar-refractivity contribution in [1.82, 2.24) is 5.32 Å². The number of hydrogen-bond acceptors (Lipinski definition) is 7. The van der Waals surface area contributed by atoms with Crippen molar-refractivity contribution in [2.45, 2.75) is 141 Å². The lowest BCUT2D eigenvalue weighted by Gasteiger charge is -2.59. The van der Waals surface area contributed by atoms with E-state index in [0.717, 1.165) is 56.4 Å². The molecule has 4 N–H and O–H groups in total. The third kappa shape index (κ3) is 4.01. The van der Waals surface area contributed by atoms with E-state index in [1.807, 2.05) is 0 Å². The van der Waals surface area contributed by atoms with E-state index >= 15 is 0 Å². The monoisotopic (exact) mass is 559 g/mol. The van der Waals surface area contributed by atoms with Crippen LogP contribution in [-0.4, -0.2) is 70.5 Å². The fourth-order valence-electron chi connectivity index (χ4n) is 11.4. The molecule has 0 aromatic heterocycles. The van der Waals surface area contributed by atoms with Crippen LogP contribution in [0.4, 0.5) is 0 Å². The molecule has 1 spiro atoms. The molecule has 40 heavy (non-hydrogen) atoms. The van der Waals surface area contributed by atoms with Gasteiger partial charge in [-0.3, -0.25) is 5.32 Å². The summed E-state index contributed by atoms with van der Waals surface area (Å²) in [5.74, 6) is 4.14. The number of rotatable bonds is 2. The smallest absolute Gasteiger partial charge is 0.183 e. The maximum absolute atomic E-state index is 10.6. The molecule has 4 aliphatic carbocycles. The number of ether oxygens (including phenoxy) is 3. The summed E-state index contributed by atoms with van der Waals surface area (Å²) in [7, 11) is 0. The van der Waals surface area contributed by atoms with E-state index in [4.69, 9.17) is 14.2 Å². The molecule has 0 amide bonds. The molecule has 0 unspecified atom stereocenters. The maximum atomic E-state index is 10.6. The number of allylic oxidation sites excluding steroid dienone is 1. The Morgan fingerprint density at radius 3 is 2.52 bits per heavy atom. The summed E-state index contributed by atoms with van der Waals surface area (Å²) in [4.78, 5) is 0. The van der Waals surface area contributed by atoms with Crippen LogP contribution in [0.3, 0.4) is 0 Å². The van der Waals surface area contributed by atoms with Crippen LogP contribution in [0.5, 0.6) is 0 Å². The van der Waals surface area contributed by atoms with Crippen LogP contribution in [-0.2, 0) is 14.2 Å². The first-order valence-electron chi connectivity index (χ1n) is 16.4. The van der Waals surface area contributed by atoms with Gasteiger partial charge in [-0.15, -0.1) is 0 Å². The van der Waals surface area contributed by atoms with Gasteiger partial charge in [0.15, 0.2) is 6.29 Å². The summed E-state index contributed by atoms with van der Waals surface area (Å²) in [6, 6.07) is 0. The topological polar surface area (TPSA) is 100 Å². The first-order valence-corrected chi connectivity index (χ1v) is 16.4. The normalized spacial score (nSPS) is 59.5. The van der Waals surface area contributed by atoms with Gasteiger partial charge in [0, 0.05) is 12.5 Å². The lowest BCUT2D eigenvalue weighted by atomic mass is 9.47. The van der Waals surface area contributed by atoms with Crippen molar-refractivity contribution in [1.29, 1.82) is 0 Å². The van der Waals surface area contributed by atoms with E-state index in [-0.39, 0.29) is 17.2 Å². The minimum absolute atomic E-state index is 0.000127. The first kappa shape index (κ1) is 28.2. The molecule has 3 saturated carbocycles. The summed E-state index contributed by atoms with van der Waals surface area (Å²) in [6.45, 7) is 12.9. The number of aliphatic hydroxyl groups excluding tert-OH is 3. The quantitative estimate of drug-likeness (QED) is 0.378. The highest BCUT2D eigenvalue weighted by atomic mass is 16.6. The zero-order valence-corrected chi connectivity index (χ0v) is 25.2. The molecule has 7 heteroatoms. The third-order valence-corrected chi connectivity index (χ3v) is 13.7. The molecule has 0 aromatic carbocycles. The zero-order valence-electron chi connectivity index (χ0n) is 25.2. The Hall–Kier alpha value is -0.540. The Morgan fingerprint density at radius 1 is 0.975 bits per heavy atom. The summed E-state index contributed by atoms with van der Waals surface area (Å²) in [5.41, 5.74) is 2.01. The van der Waals surface area contributed by atoms with Crippen LogP contribution in [0.15, 0.2) is 11.6 Å². The number of nitrogens with one attached hydrogen (secondary N) is 1. The van der Waals surface area contributed by atoms with Crippen molar-refractivity contribution in [3.05, 3.63) is 11.6 Å². The minimum Gasteiger partial charge on any atom is -0.387 e. The molecule has 6 fully saturated rings. The van der Waals surface area contributed by atoms with E-state index in [1.54, 1.807) is 6.92 Å². The molecule has 3 saturated heterocycles. The van der Waals surface area contributed by atoms with E-state index in [1.165, 1.54) is 31.3 Å². The van der Waals surface area contributed by atoms with Gasteiger partial charge in [0.2, 0.25) is 0 Å². The van der Waals surface area contributed by atoms with Gasteiger partial charge < -0.3 is 29.5 Å². The summed E-state index contributed by atoms with van der Waals surface area (Å²) in [5, 5.41) is 34.5. The molecule has 0 radical (unpaired) electrons. The third-order valence-electron chi connectivity index (χ3n) is 13.7. The Bertz CT molecular complexity index is 1010. The highest BCUT2D eigenvalue weighted by Crippen LogP contribution is 2.70. The lowest BCUT2D eigenvalue weighted by Crippen LogP contribution is -2.58. The van der Waals surface area contributed by atoms with Gasteiger partial charge in [-0.1, -0.05) is 39.3 Å². The fraction of sp³-hybridized carbons (Fsp3) is 0.939. The molecule has 16 atom stereocenters. The second kappa shape index (κ2) is 9.73. The number of aliphatic hydroxyl groups is 3. The van der Waals surface area contributed by atoms with Crippen molar-refractivity contribution < 1.29 is 29.5 Å². The lowest BCUT2D eigenvalue weighted by molar-refractivity contribution is -0.292. The Balaban J connectivity index is 1.06. The summed E-state index contributed by atoms with van der Waals surface area (Å²) in [6.07, 6.45) is 8.35. The van der Waals surface area contributed by atoms with Crippen LogP contribution >= 0.6 is 0 Å². The summed E-state index contributed by atoms with van der Waals surface area (Å²) < 4.78 is 18.9. The van der Waals surface area contributed by atoms with E-state index in [2.05, 4.69) is 39.1 Å². The van der Waals surface area contributed by atoms with Crippen molar-refractivity contribution in [2.24, 2.45) is 46.3 Å². The molecule has 3 aliphatic heterocycles. The van der Waals surface area contributed by atoms with Gasteiger partial charge in [0.1, 0.15) is 24.0 Å². The van der Waals surface area contributed by atoms with Crippen LogP contribution in [0, 0.1) is 46.3 Å². The van der Waals surface area contributed by atoms with Crippen LogP contribution in [0.1, 0.15) is 92.4 Å².